The van der Waals surface area contributed by atoms with Crippen molar-refractivity contribution in [2.24, 2.45) is 0 Å². The van der Waals surface area contributed by atoms with E-state index in [1.54, 1.807) is 30.5 Å². The number of hydrogen-bond acceptors (Lipinski definition) is 4. The van der Waals surface area contributed by atoms with Crippen LogP contribution in [0.3, 0.4) is 0 Å². The molecule has 2 aromatic rings. The first-order valence-corrected chi connectivity index (χ1v) is 12.4. The van der Waals surface area contributed by atoms with Gasteiger partial charge in [-0.05, 0) is 48.6 Å². The van der Waals surface area contributed by atoms with Crippen LogP contribution in [-0.4, -0.2) is 62.7 Å². The van der Waals surface area contributed by atoms with E-state index in [0.29, 0.717) is 39.8 Å². The van der Waals surface area contributed by atoms with Crippen molar-refractivity contribution in [2.75, 3.05) is 11.9 Å². The van der Waals surface area contributed by atoms with Gasteiger partial charge in [0.2, 0.25) is 28.1 Å². The number of aromatic nitrogens is 1. The van der Waals surface area contributed by atoms with Crippen LogP contribution in [0.15, 0.2) is 48.8 Å². The van der Waals surface area contributed by atoms with E-state index in [9.17, 15) is 27.6 Å². The number of pyridine rings is 1. The Morgan fingerprint density at radius 2 is 2.00 bits per heavy atom. The number of amides is 3. The largest absolute Gasteiger partial charge is 0.406 e. The van der Waals surface area contributed by atoms with Crippen LogP contribution in [0.2, 0.25) is 4.78 Å². The number of rotatable bonds is 3. The molecule has 0 bridgehead atoms. The molecule has 3 amide bonds. The molecule has 0 unspecified atom stereocenters. The van der Waals surface area contributed by atoms with Crippen molar-refractivity contribution in [1.29, 1.82) is 0 Å². The Bertz CT molecular complexity index is 1280. The van der Waals surface area contributed by atoms with E-state index in [4.69, 9.17) is 0 Å². The molecule has 180 valence electrons. The van der Waals surface area contributed by atoms with Crippen molar-refractivity contribution in [3.63, 3.8) is 0 Å². The summed E-state index contributed by atoms with van der Waals surface area (Å²) in [6, 6.07) is 7.69. The molecule has 35 heavy (non-hydrogen) atoms. The lowest BCUT2D eigenvalue weighted by molar-refractivity contribution is -0.160. The summed E-state index contributed by atoms with van der Waals surface area (Å²) in [6.45, 7) is 2.25. The molecule has 3 atom stereocenters. The van der Waals surface area contributed by atoms with Crippen molar-refractivity contribution < 1.29 is 27.6 Å². The number of carbonyl (C=O) groups is 3. The average molecular weight is 498 g/mol. The lowest BCUT2D eigenvalue weighted by Crippen LogP contribution is -2.54. The van der Waals surface area contributed by atoms with E-state index in [2.05, 4.69) is 22.2 Å². The normalized spacial score (nSPS) is 25.5. The maximum Gasteiger partial charge on any atom is 0.406 e. The topological polar surface area (TPSA) is 91.4 Å². The fourth-order valence-corrected chi connectivity index (χ4v) is 6.10. The summed E-state index contributed by atoms with van der Waals surface area (Å²) in [4.78, 5) is 43.5. The third kappa shape index (κ3) is 4.02. The number of piperidine rings is 1. The Labute approximate surface area is 207 Å². The molecule has 0 saturated carbocycles. The molecule has 0 radical (unpaired) electrons. The minimum atomic E-state index is -4.57. The Hall–Kier alpha value is -3.16. The van der Waals surface area contributed by atoms with Crippen LogP contribution < -0.4 is 10.6 Å². The monoisotopic (exact) mass is 498 g/mol. The number of halogens is 3. The molecule has 1 saturated heterocycles. The highest BCUT2D eigenvalue weighted by atomic mass is 27.0. The van der Waals surface area contributed by atoms with Crippen molar-refractivity contribution >= 4 is 39.8 Å². The number of nitrogens with zero attached hydrogens (tertiary/aromatic N) is 2. The zero-order valence-electron chi connectivity index (χ0n) is 18.9. The van der Waals surface area contributed by atoms with Gasteiger partial charge < -0.3 is 15.5 Å². The molecule has 2 N–H and O–H groups in total. The molecule has 1 spiro atoms. The first-order chi connectivity index (χ1) is 16.5. The predicted octanol–water partition coefficient (Wildman–Crippen LogP) is 1.90. The Kier molecular flexibility index (Phi) is 5.53. The van der Waals surface area contributed by atoms with E-state index < -0.39 is 36.0 Å². The van der Waals surface area contributed by atoms with Crippen LogP contribution in [0.4, 0.5) is 19.0 Å². The zero-order chi connectivity index (χ0) is 25.1. The second kappa shape index (κ2) is 8.21. The smallest absolute Gasteiger partial charge is 0.340 e. The van der Waals surface area contributed by atoms with Crippen molar-refractivity contribution in [3.8, 4) is 0 Å². The number of benzene rings is 1. The molecule has 2 aliphatic heterocycles. The van der Waals surface area contributed by atoms with Gasteiger partial charge in [0, 0.05) is 23.0 Å². The van der Waals surface area contributed by atoms with Gasteiger partial charge in [-0.2, -0.15) is 13.2 Å². The van der Waals surface area contributed by atoms with E-state index in [0.717, 1.165) is 16.7 Å². The maximum absolute atomic E-state index is 13.0. The maximum atomic E-state index is 13.0. The first-order valence-electron chi connectivity index (χ1n) is 11.2. The number of likely N-dealkylation sites (tertiary alicyclic amines) is 1. The second-order valence-corrected chi connectivity index (χ2v) is 10.9. The summed E-state index contributed by atoms with van der Waals surface area (Å²) >= 11 is 0.500. The molecule has 7 nitrogen and oxygen atoms in total. The molecular formula is C24H22AlF3N4O3. The zero-order valence-corrected chi connectivity index (χ0v) is 20.9. The van der Waals surface area contributed by atoms with Crippen molar-refractivity contribution in [1.82, 2.24) is 15.2 Å². The summed E-state index contributed by atoms with van der Waals surface area (Å²) in [5, 5.41) is 5.46. The van der Waals surface area contributed by atoms with Gasteiger partial charge in [-0.25, -0.2) is 4.98 Å². The summed E-state index contributed by atoms with van der Waals surface area (Å²) in [5.41, 5.74) is 2.26. The molecule has 3 heterocycles. The third-order valence-electron chi connectivity index (χ3n) is 7.15. The van der Waals surface area contributed by atoms with E-state index in [1.165, 1.54) is 0 Å². The van der Waals surface area contributed by atoms with E-state index >= 15 is 0 Å². The van der Waals surface area contributed by atoms with Crippen LogP contribution >= 0.6 is 0 Å². The number of hydrogen-bond donors (Lipinski definition) is 2. The summed E-state index contributed by atoms with van der Waals surface area (Å²) in [5.74, 6) is -0.941. The SMILES string of the molecule is C=C1[C@H]([AlH2])C[C@H](NC(=O)c2ccc3c(c2)C[C@@]2(C3)C(=O)Nc3ncccc32)C(=O)N1CC(F)(F)F. The molecule has 1 fully saturated rings. The number of carbonyl (C=O) groups excluding carboxylic acids is 3. The first kappa shape index (κ1) is 23.6. The predicted molar refractivity (Wildman–Crippen MR) is 123 cm³/mol. The Morgan fingerprint density at radius 3 is 2.74 bits per heavy atom. The van der Waals surface area contributed by atoms with Crippen LogP contribution in [0.25, 0.3) is 0 Å². The number of allylic oxidation sites excluding steroid dienone is 1. The van der Waals surface area contributed by atoms with Gasteiger partial charge in [0.1, 0.15) is 18.4 Å². The third-order valence-corrected chi connectivity index (χ3v) is 8.29. The molecule has 1 aliphatic carbocycles. The van der Waals surface area contributed by atoms with Crippen LogP contribution in [0.5, 0.6) is 0 Å². The number of alkyl halides is 3. The van der Waals surface area contributed by atoms with Gasteiger partial charge in [0.05, 0.1) is 5.41 Å². The number of nitrogens with one attached hydrogen (secondary N) is 2. The highest BCUT2D eigenvalue weighted by Crippen LogP contribution is 2.46. The lowest BCUT2D eigenvalue weighted by Gasteiger charge is -2.38. The quantitative estimate of drug-likeness (QED) is 0.633. The van der Waals surface area contributed by atoms with E-state index in [1.807, 2.05) is 6.07 Å². The summed E-state index contributed by atoms with van der Waals surface area (Å²) < 4.78 is 38.7. The Balaban J connectivity index is 1.35. The van der Waals surface area contributed by atoms with Gasteiger partial charge in [-0.1, -0.05) is 23.5 Å². The molecule has 5 rings (SSSR count). The molecule has 11 heteroatoms. The average Bonchev–Trinajstić information content (AvgIpc) is 3.31. The Morgan fingerprint density at radius 1 is 1.26 bits per heavy atom. The summed E-state index contributed by atoms with van der Waals surface area (Å²) in [6.07, 6.45) is -1.85. The van der Waals surface area contributed by atoms with Crippen molar-refractivity contribution in [2.45, 2.75) is 41.7 Å². The van der Waals surface area contributed by atoms with Gasteiger partial charge in [-0.3, -0.25) is 14.4 Å². The minimum absolute atomic E-state index is 0.135. The second-order valence-electron chi connectivity index (χ2n) is 9.47. The highest BCUT2D eigenvalue weighted by molar-refractivity contribution is 6.15. The fraction of sp³-hybridized carbons (Fsp3) is 0.333. The fourth-order valence-electron chi connectivity index (χ4n) is 5.32. The summed E-state index contributed by atoms with van der Waals surface area (Å²) in [7, 11) is 0. The van der Waals surface area contributed by atoms with Crippen molar-refractivity contribution in [3.05, 3.63) is 71.1 Å². The van der Waals surface area contributed by atoms with Gasteiger partial charge in [0.25, 0.3) is 5.91 Å². The minimum Gasteiger partial charge on any atom is -0.340 e. The van der Waals surface area contributed by atoms with Crippen LogP contribution in [0.1, 0.15) is 33.5 Å². The lowest BCUT2D eigenvalue weighted by atomic mass is 9.79. The molecule has 3 aliphatic rings. The standard InChI is InChI=1S/C24H20F3N4O3.Al.2H/c1-13-4-7-18(21(33)31(13)12-24(25,26)27)29-20(32)14-5-6-15-10-23(11-16(15)9-14)17-3-2-8-28-19(17)30-22(23)34;;;/h2-6,8-9,18H,1,7,10-12H2,(H,29,32)(H,28,30,34);;;/t18-,23+;;;/m0.../s1. The number of anilines is 1. The van der Waals surface area contributed by atoms with Crippen LogP contribution in [0, 0.1) is 0 Å². The van der Waals surface area contributed by atoms with Crippen LogP contribution in [-0.2, 0) is 27.8 Å². The van der Waals surface area contributed by atoms with Gasteiger partial charge in [0.15, 0.2) is 0 Å². The van der Waals surface area contributed by atoms with Gasteiger partial charge >= 0.3 is 6.18 Å². The van der Waals surface area contributed by atoms with E-state index in [-0.39, 0.29) is 28.4 Å². The highest BCUT2D eigenvalue weighted by Gasteiger charge is 2.51. The number of fused-ring (bicyclic) bond motifs is 3. The molecular weight excluding hydrogens is 476 g/mol. The molecule has 1 aromatic carbocycles. The molecule has 1 aromatic heterocycles. The van der Waals surface area contributed by atoms with Gasteiger partial charge in [-0.15, -0.1) is 0 Å².